The van der Waals surface area contributed by atoms with Gasteiger partial charge in [-0.3, -0.25) is 0 Å². The molecule has 0 heterocycles. The van der Waals surface area contributed by atoms with E-state index in [0.29, 0.717) is 0 Å². The van der Waals surface area contributed by atoms with Gasteiger partial charge in [0, 0.05) is 0 Å². The zero-order chi connectivity index (χ0) is 18.1. The van der Waals surface area contributed by atoms with Crippen LogP contribution in [0.3, 0.4) is 0 Å². The van der Waals surface area contributed by atoms with Crippen LogP contribution in [0.25, 0.3) is 0 Å². The van der Waals surface area contributed by atoms with Crippen LogP contribution in [0.15, 0.2) is 6.07 Å². The summed E-state index contributed by atoms with van der Waals surface area (Å²) >= 11 is 5.58. The summed E-state index contributed by atoms with van der Waals surface area (Å²) in [5, 5.41) is 8.37. The van der Waals surface area contributed by atoms with Gasteiger partial charge < -0.3 is 9.53 Å². The number of carbonyl (C=O) groups is 1. The van der Waals surface area contributed by atoms with Crippen LogP contribution in [0, 0.1) is 11.6 Å². The molecule has 0 atom stereocenters. The number of carboxylic acid groups (broad SMARTS) is 1. The van der Waals surface area contributed by atoms with Gasteiger partial charge in [-0.05, 0) is 22.7 Å². The van der Waals surface area contributed by atoms with Crippen molar-refractivity contribution < 1.29 is 23.1 Å². The lowest BCUT2D eigenvalue weighted by Gasteiger charge is -2.42. The van der Waals surface area contributed by atoms with Crippen LogP contribution in [0.4, 0.5) is 8.78 Å². The molecule has 0 saturated carbocycles. The molecule has 0 spiro atoms. The summed E-state index contributed by atoms with van der Waals surface area (Å²) in [5.41, 5.74) is -0.100. The molecule has 0 amide bonds. The van der Waals surface area contributed by atoms with Gasteiger partial charge in [0.2, 0.25) is 5.82 Å². The summed E-state index contributed by atoms with van der Waals surface area (Å²) < 4.78 is 34.3. The molecule has 1 aromatic rings. The minimum atomic E-state index is -2.54. The second kappa shape index (κ2) is 7.17. The molecule has 130 valence electrons. The number of hydrogen-bond acceptors (Lipinski definition) is 2. The maximum Gasteiger partial charge on any atom is 0.337 e. The standard InChI is InChI=1S/C16H23ClF2O3Si/c1-8(2)23(9(3)4,10(5)6)22-12-7-11(16(20)21)13(17)15(19)14(12)18/h7-10H,1-6H3,(H,20,21). The Hall–Kier alpha value is -1.14. The van der Waals surface area contributed by atoms with E-state index in [1.54, 1.807) is 0 Å². The summed E-state index contributed by atoms with van der Waals surface area (Å²) in [6, 6.07) is 0.984. The van der Waals surface area contributed by atoms with Crippen molar-refractivity contribution >= 4 is 25.9 Å². The zero-order valence-electron chi connectivity index (χ0n) is 14.2. The molecule has 0 fully saturated rings. The van der Waals surface area contributed by atoms with Gasteiger partial charge in [-0.25, -0.2) is 9.18 Å². The minimum absolute atomic E-state index is 0.133. The highest BCUT2D eigenvalue weighted by molar-refractivity contribution is 6.78. The molecule has 23 heavy (non-hydrogen) atoms. The molecule has 0 bridgehead atoms. The van der Waals surface area contributed by atoms with Crippen molar-refractivity contribution in [1.29, 1.82) is 0 Å². The van der Waals surface area contributed by atoms with Crippen LogP contribution in [0.2, 0.25) is 21.6 Å². The van der Waals surface area contributed by atoms with E-state index in [2.05, 4.69) is 0 Å². The van der Waals surface area contributed by atoms with Gasteiger partial charge in [-0.2, -0.15) is 4.39 Å². The lowest BCUT2D eigenvalue weighted by molar-refractivity contribution is 0.0696. The van der Waals surface area contributed by atoms with Gasteiger partial charge in [0.15, 0.2) is 5.82 Å². The second-order valence-corrected chi connectivity index (χ2v) is 12.3. The molecule has 0 aliphatic carbocycles. The summed E-state index contributed by atoms with van der Waals surface area (Å²) in [4.78, 5) is 11.2. The topological polar surface area (TPSA) is 46.5 Å². The quantitative estimate of drug-likeness (QED) is 0.507. The molecule has 0 unspecified atom stereocenters. The zero-order valence-corrected chi connectivity index (χ0v) is 16.0. The van der Waals surface area contributed by atoms with Gasteiger partial charge in [0.1, 0.15) is 5.75 Å². The van der Waals surface area contributed by atoms with Crippen LogP contribution in [-0.4, -0.2) is 19.4 Å². The predicted octanol–water partition coefficient (Wildman–Crippen LogP) is 5.87. The Morgan fingerprint density at radius 3 is 1.87 bits per heavy atom. The van der Waals surface area contributed by atoms with E-state index in [4.69, 9.17) is 21.1 Å². The average Bonchev–Trinajstić information content (AvgIpc) is 2.42. The molecule has 3 nitrogen and oxygen atoms in total. The second-order valence-electron chi connectivity index (χ2n) is 6.59. The fraction of sp³-hybridized carbons (Fsp3) is 0.562. The smallest absolute Gasteiger partial charge is 0.337 e. The third-order valence-electron chi connectivity index (χ3n) is 4.34. The molecule has 0 saturated heterocycles. The largest absolute Gasteiger partial charge is 0.541 e. The molecule has 1 aromatic carbocycles. The fourth-order valence-corrected chi connectivity index (χ4v) is 8.81. The van der Waals surface area contributed by atoms with Crippen molar-refractivity contribution in [3.63, 3.8) is 0 Å². The summed E-state index contributed by atoms with van der Waals surface area (Å²) in [6.45, 7) is 12.0. The van der Waals surface area contributed by atoms with Crippen LogP contribution < -0.4 is 4.43 Å². The first-order valence-corrected chi connectivity index (χ1v) is 10.1. The van der Waals surface area contributed by atoms with Crippen molar-refractivity contribution in [2.45, 2.75) is 58.2 Å². The van der Waals surface area contributed by atoms with E-state index < -0.39 is 36.5 Å². The first-order chi connectivity index (χ1) is 10.5. The Balaban J connectivity index is 3.54. The molecular weight excluding hydrogens is 342 g/mol. The summed E-state index contributed by atoms with van der Waals surface area (Å²) in [7, 11) is -2.54. The Morgan fingerprint density at radius 1 is 1.09 bits per heavy atom. The van der Waals surface area contributed by atoms with Gasteiger partial charge in [-0.15, -0.1) is 0 Å². The van der Waals surface area contributed by atoms with Gasteiger partial charge in [-0.1, -0.05) is 53.1 Å². The lowest BCUT2D eigenvalue weighted by Crippen LogP contribution is -2.51. The average molecular weight is 365 g/mol. The molecule has 1 N–H and O–H groups in total. The number of hydrogen-bond donors (Lipinski definition) is 1. The molecular formula is C16H23ClF2O3Si. The van der Waals surface area contributed by atoms with E-state index in [1.165, 1.54) is 0 Å². The van der Waals surface area contributed by atoms with Gasteiger partial charge in [0.25, 0.3) is 8.32 Å². The predicted molar refractivity (Wildman–Crippen MR) is 90.0 cm³/mol. The fourth-order valence-electron chi connectivity index (χ4n) is 3.35. The number of aromatic carboxylic acids is 1. The molecule has 7 heteroatoms. The summed E-state index contributed by atoms with van der Waals surface area (Å²) in [5.74, 6) is -4.42. The van der Waals surface area contributed by atoms with Crippen molar-refractivity contribution in [2.24, 2.45) is 0 Å². The monoisotopic (exact) mass is 364 g/mol. The molecule has 1 rings (SSSR count). The van der Waals surface area contributed by atoms with Crippen molar-refractivity contribution in [1.82, 2.24) is 0 Å². The lowest BCUT2D eigenvalue weighted by atomic mass is 10.2. The number of rotatable bonds is 6. The van der Waals surface area contributed by atoms with Crippen molar-refractivity contribution in [3.05, 3.63) is 28.3 Å². The van der Waals surface area contributed by atoms with E-state index in [1.807, 2.05) is 41.5 Å². The van der Waals surface area contributed by atoms with Crippen LogP contribution in [0.1, 0.15) is 51.9 Å². The Labute approximate surface area is 141 Å². The van der Waals surface area contributed by atoms with Gasteiger partial charge >= 0.3 is 5.97 Å². The van der Waals surface area contributed by atoms with Crippen molar-refractivity contribution in [2.75, 3.05) is 0 Å². The van der Waals surface area contributed by atoms with Gasteiger partial charge in [0.05, 0.1) is 10.6 Å². The molecule has 0 aliphatic heterocycles. The third kappa shape index (κ3) is 3.53. The Bertz CT molecular complexity index is 582. The molecule has 0 aromatic heterocycles. The van der Waals surface area contributed by atoms with Crippen molar-refractivity contribution in [3.8, 4) is 5.75 Å². The SMILES string of the molecule is CC(C)[Si](Oc1cc(C(=O)O)c(Cl)c(F)c1F)(C(C)C)C(C)C. The summed E-state index contributed by atoms with van der Waals surface area (Å²) in [6.07, 6.45) is 0. The first-order valence-electron chi connectivity index (χ1n) is 7.56. The van der Waals surface area contributed by atoms with E-state index in [9.17, 15) is 13.6 Å². The Kier molecular flexibility index (Phi) is 6.21. The number of halogens is 3. The molecule has 0 radical (unpaired) electrons. The normalized spacial score (nSPS) is 12.3. The molecule has 0 aliphatic rings. The Morgan fingerprint density at radius 2 is 1.52 bits per heavy atom. The number of benzene rings is 1. The van der Waals surface area contributed by atoms with E-state index in [-0.39, 0.29) is 22.4 Å². The van der Waals surface area contributed by atoms with E-state index >= 15 is 0 Å². The minimum Gasteiger partial charge on any atom is -0.541 e. The highest BCUT2D eigenvalue weighted by Crippen LogP contribution is 2.44. The maximum absolute atomic E-state index is 14.3. The van der Waals surface area contributed by atoms with E-state index in [0.717, 1.165) is 6.07 Å². The first kappa shape index (κ1) is 19.9. The van der Waals surface area contributed by atoms with Crippen LogP contribution in [0.5, 0.6) is 5.75 Å². The van der Waals surface area contributed by atoms with Crippen LogP contribution in [-0.2, 0) is 0 Å². The third-order valence-corrected chi connectivity index (χ3v) is 10.7. The van der Waals surface area contributed by atoms with Crippen LogP contribution >= 0.6 is 11.6 Å². The number of carboxylic acids is 1. The maximum atomic E-state index is 14.3. The highest BCUT2D eigenvalue weighted by atomic mass is 35.5. The highest BCUT2D eigenvalue weighted by Gasteiger charge is 2.47.